The second-order valence-corrected chi connectivity index (χ2v) is 10.2. The van der Waals surface area contributed by atoms with Crippen LogP contribution in [0, 0.1) is 28.6 Å². The molecule has 0 unspecified atom stereocenters. The minimum Gasteiger partial charge on any atom is -0.497 e. The molecule has 5 atom stereocenters. The van der Waals surface area contributed by atoms with Crippen molar-refractivity contribution >= 4 is 11.6 Å². The van der Waals surface area contributed by atoms with Crippen LogP contribution in [0.2, 0.25) is 0 Å². The summed E-state index contributed by atoms with van der Waals surface area (Å²) in [4.78, 5) is 25.0. The van der Waals surface area contributed by atoms with E-state index in [-0.39, 0.29) is 10.8 Å². The minimum absolute atomic E-state index is 0.0891. The van der Waals surface area contributed by atoms with Crippen LogP contribution in [0.3, 0.4) is 0 Å². The van der Waals surface area contributed by atoms with E-state index in [2.05, 4.69) is 31.2 Å². The Labute approximate surface area is 173 Å². The Bertz CT molecular complexity index is 866. The highest BCUT2D eigenvalue weighted by molar-refractivity contribution is 5.92. The van der Waals surface area contributed by atoms with Crippen LogP contribution in [0.15, 0.2) is 35.9 Å². The van der Waals surface area contributed by atoms with Gasteiger partial charge in [0.05, 0.1) is 7.11 Å². The molecule has 3 nitrogen and oxygen atoms in total. The number of carbonyl (C=O) groups excluding carboxylic acids is 2. The van der Waals surface area contributed by atoms with Gasteiger partial charge in [0.15, 0.2) is 5.78 Å². The molecule has 29 heavy (non-hydrogen) atoms. The van der Waals surface area contributed by atoms with E-state index in [0.717, 1.165) is 57.1 Å². The zero-order valence-electron chi connectivity index (χ0n) is 17.7. The maximum Gasteiger partial charge on any atom is 0.155 e. The molecular weight excluding hydrogens is 360 g/mol. The molecule has 0 saturated heterocycles. The first-order valence-electron chi connectivity index (χ1n) is 11.4. The average molecular weight is 393 g/mol. The van der Waals surface area contributed by atoms with Crippen molar-refractivity contribution < 1.29 is 14.3 Å². The monoisotopic (exact) mass is 392 g/mol. The van der Waals surface area contributed by atoms with Gasteiger partial charge in [0.1, 0.15) is 11.5 Å². The van der Waals surface area contributed by atoms with Crippen molar-refractivity contribution in [2.24, 2.45) is 28.6 Å². The molecule has 0 amide bonds. The molecule has 154 valence electrons. The molecule has 4 aliphatic rings. The van der Waals surface area contributed by atoms with Crippen molar-refractivity contribution in [3.63, 3.8) is 0 Å². The summed E-state index contributed by atoms with van der Waals surface area (Å²) >= 11 is 0. The smallest absolute Gasteiger partial charge is 0.155 e. The number of ketones is 2. The fraction of sp³-hybridized carbons (Fsp3) is 0.615. The second kappa shape index (κ2) is 6.82. The number of hydrogen-bond donors (Lipinski definition) is 0. The van der Waals surface area contributed by atoms with Gasteiger partial charge in [-0.15, -0.1) is 0 Å². The van der Waals surface area contributed by atoms with Gasteiger partial charge in [-0.25, -0.2) is 0 Å². The fourth-order valence-corrected chi connectivity index (χ4v) is 7.57. The normalized spacial score (nSPS) is 38.7. The van der Waals surface area contributed by atoms with Crippen molar-refractivity contribution in [2.75, 3.05) is 7.11 Å². The maximum absolute atomic E-state index is 12.7. The summed E-state index contributed by atoms with van der Waals surface area (Å²) in [5, 5.41) is 0. The van der Waals surface area contributed by atoms with E-state index in [4.69, 9.17) is 4.74 Å². The van der Waals surface area contributed by atoms with E-state index >= 15 is 0 Å². The Balaban J connectivity index is 1.53. The topological polar surface area (TPSA) is 43.4 Å². The Kier molecular flexibility index (Phi) is 4.49. The molecule has 0 spiro atoms. The molecular formula is C26H32O3. The van der Waals surface area contributed by atoms with E-state index in [1.807, 2.05) is 6.08 Å². The molecule has 5 rings (SSSR count). The highest BCUT2D eigenvalue weighted by Crippen LogP contribution is 2.65. The van der Waals surface area contributed by atoms with Gasteiger partial charge in [-0.1, -0.05) is 24.6 Å². The largest absolute Gasteiger partial charge is 0.497 e. The lowest BCUT2D eigenvalue weighted by Crippen LogP contribution is -2.52. The van der Waals surface area contributed by atoms with Gasteiger partial charge in [-0.05, 0) is 91.9 Å². The van der Waals surface area contributed by atoms with Crippen molar-refractivity contribution in [3.8, 4) is 5.75 Å². The lowest BCUT2D eigenvalue weighted by Gasteiger charge is -2.58. The number of benzene rings is 1. The third-order valence-corrected chi connectivity index (χ3v) is 9.07. The summed E-state index contributed by atoms with van der Waals surface area (Å²) in [6.45, 7) is 2.25. The van der Waals surface area contributed by atoms with Crippen LogP contribution < -0.4 is 4.74 Å². The molecule has 4 aliphatic carbocycles. The van der Waals surface area contributed by atoms with E-state index < -0.39 is 0 Å². The first kappa shape index (κ1) is 19.1. The number of hydrogen-bond acceptors (Lipinski definition) is 3. The Morgan fingerprint density at radius 1 is 0.966 bits per heavy atom. The third-order valence-electron chi connectivity index (χ3n) is 9.07. The summed E-state index contributed by atoms with van der Waals surface area (Å²) in [6, 6.07) is 8.49. The summed E-state index contributed by atoms with van der Waals surface area (Å²) in [6.07, 6.45) is 10.8. The van der Waals surface area contributed by atoms with E-state index in [0.29, 0.717) is 35.7 Å². The number of carbonyl (C=O) groups is 2. The van der Waals surface area contributed by atoms with Gasteiger partial charge >= 0.3 is 0 Å². The number of allylic oxidation sites excluding steroid dienone is 1. The summed E-state index contributed by atoms with van der Waals surface area (Å²) in [5.41, 5.74) is 2.74. The van der Waals surface area contributed by atoms with Crippen molar-refractivity contribution in [2.45, 2.75) is 64.7 Å². The second-order valence-electron chi connectivity index (χ2n) is 10.2. The zero-order chi connectivity index (χ0) is 20.2. The number of fused-ring (bicyclic) bond motifs is 5. The predicted octanol–water partition coefficient (Wildman–Crippen LogP) is 5.32. The minimum atomic E-state index is -0.0891. The van der Waals surface area contributed by atoms with Crippen molar-refractivity contribution in [1.82, 2.24) is 0 Å². The van der Waals surface area contributed by atoms with Crippen LogP contribution >= 0.6 is 0 Å². The first-order chi connectivity index (χ1) is 14.0. The lowest BCUT2D eigenvalue weighted by molar-refractivity contribution is -0.132. The van der Waals surface area contributed by atoms with E-state index in [1.165, 1.54) is 11.1 Å². The molecule has 3 saturated carbocycles. The van der Waals surface area contributed by atoms with E-state index in [1.54, 1.807) is 7.11 Å². The Morgan fingerprint density at radius 2 is 1.76 bits per heavy atom. The van der Waals surface area contributed by atoms with E-state index in [9.17, 15) is 9.59 Å². The summed E-state index contributed by atoms with van der Waals surface area (Å²) in [5.74, 6) is 3.47. The molecule has 0 bridgehead atoms. The van der Waals surface area contributed by atoms with Crippen LogP contribution in [0.4, 0.5) is 0 Å². The van der Waals surface area contributed by atoms with Gasteiger partial charge in [-0.3, -0.25) is 9.59 Å². The van der Waals surface area contributed by atoms with Crippen LogP contribution in [0.1, 0.15) is 63.9 Å². The molecule has 3 heteroatoms. The first-order valence-corrected chi connectivity index (χ1v) is 11.4. The zero-order valence-corrected chi connectivity index (χ0v) is 17.7. The molecule has 0 heterocycles. The molecule has 0 N–H and O–H groups in total. The number of ether oxygens (including phenoxy) is 1. The van der Waals surface area contributed by atoms with Gasteiger partial charge in [0.25, 0.3) is 0 Å². The van der Waals surface area contributed by atoms with Gasteiger partial charge in [-0.2, -0.15) is 0 Å². The van der Waals surface area contributed by atoms with Gasteiger partial charge in [0.2, 0.25) is 0 Å². The average Bonchev–Trinajstić information content (AvgIpc) is 3.04. The molecule has 0 aromatic heterocycles. The summed E-state index contributed by atoms with van der Waals surface area (Å²) in [7, 11) is 1.70. The predicted molar refractivity (Wildman–Crippen MR) is 113 cm³/mol. The number of rotatable bonds is 3. The van der Waals surface area contributed by atoms with Gasteiger partial charge < -0.3 is 4.74 Å². The molecule has 0 aliphatic heterocycles. The number of methoxy groups -OCH3 is 1. The highest BCUT2D eigenvalue weighted by Gasteiger charge is 2.60. The van der Waals surface area contributed by atoms with Crippen molar-refractivity contribution in [3.05, 3.63) is 41.5 Å². The molecule has 1 aromatic carbocycles. The lowest BCUT2D eigenvalue weighted by atomic mass is 9.46. The SMILES string of the molecule is COc1ccc(C[C@]23CCC(=O)C=C2CC[C@@H]2[C@H]3CC[C@]3(C)C(=O)CC[C@@H]23)cc1. The Morgan fingerprint density at radius 3 is 2.52 bits per heavy atom. The Hall–Kier alpha value is -1.90. The quantitative estimate of drug-likeness (QED) is 0.699. The fourth-order valence-electron chi connectivity index (χ4n) is 7.57. The molecule has 1 aromatic rings. The molecule has 3 fully saturated rings. The van der Waals surface area contributed by atoms with Gasteiger partial charge in [0, 0.05) is 18.3 Å². The van der Waals surface area contributed by atoms with Crippen LogP contribution in [0.25, 0.3) is 0 Å². The van der Waals surface area contributed by atoms with Crippen LogP contribution in [0.5, 0.6) is 5.75 Å². The number of Topliss-reactive ketones (excluding diaryl/α,β-unsaturated/α-hetero) is 1. The maximum atomic E-state index is 12.7. The summed E-state index contributed by atoms with van der Waals surface area (Å²) < 4.78 is 5.34. The standard InChI is InChI=1S/C26H32O3/c1-25-13-12-23-21(22(25)9-10-24(25)28)8-5-18-15-19(27)11-14-26(18,23)16-17-3-6-20(29-2)7-4-17/h3-4,6-7,15,21-23H,5,8-14,16H2,1-2H3/t21-,22-,23+,25-,26+/m0/s1. The molecule has 0 radical (unpaired) electrons. The van der Waals surface area contributed by atoms with Crippen LogP contribution in [-0.4, -0.2) is 18.7 Å². The van der Waals surface area contributed by atoms with Crippen molar-refractivity contribution in [1.29, 1.82) is 0 Å². The van der Waals surface area contributed by atoms with Crippen LogP contribution in [-0.2, 0) is 16.0 Å². The third kappa shape index (κ3) is 2.84. The highest BCUT2D eigenvalue weighted by atomic mass is 16.5.